The number of carbonyl (C=O) groups excluding carboxylic acids is 1. The van der Waals surface area contributed by atoms with E-state index in [1.54, 1.807) is 40.2 Å². The smallest absolute Gasteiger partial charge is 0.351 e. The number of pyridine rings is 1. The second kappa shape index (κ2) is 8.50. The molecule has 1 saturated heterocycles. The first-order chi connectivity index (χ1) is 14.9. The molecule has 1 unspecified atom stereocenters. The van der Waals surface area contributed by atoms with Crippen molar-refractivity contribution in [2.75, 3.05) is 13.1 Å². The third-order valence-corrected chi connectivity index (χ3v) is 5.58. The molecule has 0 saturated carbocycles. The Morgan fingerprint density at radius 3 is 2.55 bits per heavy atom. The number of alkyl halides is 3. The van der Waals surface area contributed by atoms with Crippen LogP contribution in [0.3, 0.4) is 0 Å². The number of hydrogen-bond acceptors (Lipinski definition) is 4. The van der Waals surface area contributed by atoms with Crippen molar-refractivity contribution < 1.29 is 18.0 Å². The van der Waals surface area contributed by atoms with E-state index in [1.165, 1.54) is 6.20 Å². The van der Waals surface area contributed by atoms with Gasteiger partial charge in [0.2, 0.25) is 5.91 Å². The van der Waals surface area contributed by atoms with E-state index >= 15 is 0 Å². The van der Waals surface area contributed by atoms with Gasteiger partial charge in [-0.25, -0.2) is 9.67 Å². The molecule has 4 rings (SSSR count). The Kier molecular flexibility index (Phi) is 5.77. The summed E-state index contributed by atoms with van der Waals surface area (Å²) in [4.78, 5) is 18.7. The van der Waals surface area contributed by atoms with E-state index in [0.717, 1.165) is 5.56 Å². The molecule has 9 heteroatoms. The Morgan fingerprint density at radius 1 is 1.10 bits per heavy atom. The first-order valence-corrected chi connectivity index (χ1v) is 9.94. The monoisotopic (exact) mass is 429 g/mol. The van der Waals surface area contributed by atoms with E-state index in [0.29, 0.717) is 17.9 Å². The zero-order chi connectivity index (χ0) is 21.9. The maximum absolute atomic E-state index is 14.0. The average Bonchev–Trinajstić information content (AvgIpc) is 3.44. The SMILES string of the molecule is O=C(NCc1ccc(-n2cccn2)nc1)C1(C(F)(F)F)CCN(Cc2ccccc2)C1. The number of halogens is 3. The highest BCUT2D eigenvalue weighted by Gasteiger charge is 2.62. The summed E-state index contributed by atoms with van der Waals surface area (Å²) in [6.07, 6.45) is -0.0163. The van der Waals surface area contributed by atoms with Crippen LogP contribution in [0, 0.1) is 5.41 Å². The minimum atomic E-state index is -4.63. The third-order valence-electron chi connectivity index (χ3n) is 5.58. The molecule has 2 aromatic heterocycles. The lowest BCUT2D eigenvalue weighted by molar-refractivity contribution is -0.218. The minimum absolute atomic E-state index is 0.0261. The van der Waals surface area contributed by atoms with Gasteiger partial charge < -0.3 is 5.32 Å². The fraction of sp³-hybridized carbons (Fsp3) is 0.318. The van der Waals surface area contributed by atoms with E-state index < -0.39 is 17.5 Å². The highest BCUT2D eigenvalue weighted by molar-refractivity contribution is 5.84. The van der Waals surface area contributed by atoms with Gasteiger partial charge in [-0.05, 0) is 36.2 Å². The Balaban J connectivity index is 1.42. The number of hydrogen-bond donors (Lipinski definition) is 1. The molecule has 1 N–H and O–H groups in total. The van der Waals surface area contributed by atoms with E-state index in [1.807, 2.05) is 30.3 Å². The topological polar surface area (TPSA) is 63.1 Å². The summed E-state index contributed by atoms with van der Waals surface area (Å²) in [7, 11) is 0. The van der Waals surface area contributed by atoms with Gasteiger partial charge in [0.15, 0.2) is 11.2 Å². The number of benzene rings is 1. The molecular formula is C22H22F3N5O. The van der Waals surface area contributed by atoms with Gasteiger partial charge in [0.1, 0.15) is 0 Å². The lowest BCUT2D eigenvalue weighted by Gasteiger charge is -2.30. The number of amides is 1. The molecule has 31 heavy (non-hydrogen) atoms. The van der Waals surface area contributed by atoms with Crippen molar-refractivity contribution in [1.82, 2.24) is 25.0 Å². The average molecular weight is 429 g/mol. The molecule has 3 heterocycles. The van der Waals surface area contributed by atoms with Crippen LogP contribution in [0.1, 0.15) is 17.5 Å². The summed E-state index contributed by atoms with van der Waals surface area (Å²) in [6.45, 7) is 0.210. The summed E-state index contributed by atoms with van der Waals surface area (Å²) in [5.41, 5.74) is -0.880. The molecule has 3 aromatic rings. The Labute approximate surface area is 177 Å². The van der Waals surface area contributed by atoms with Crippen molar-refractivity contribution in [3.8, 4) is 5.82 Å². The predicted molar refractivity (Wildman–Crippen MR) is 108 cm³/mol. The third kappa shape index (κ3) is 4.46. The van der Waals surface area contributed by atoms with Gasteiger partial charge in [0.05, 0.1) is 0 Å². The van der Waals surface area contributed by atoms with Crippen LogP contribution in [-0.4, -0.2) is 44.8 Å². The number of nitrogens with zero attached hydrogens (tertiary/aromatic N) is 4. The van der Waals surface area contributed by atoms with Crippen molar-refractivity contribution in [3.05, 3.63) is 78.2 Å². The Bertz CT molecular complexity index is 1010. The van der Waals surface area contributed by atoms with Gasteiger partial charge in [-0.15, -0.1) is 0 Å². The molecule has 0 bridgehead atoms. The number of likely N-dealkylation sites (tertiary alicyclic amines) is 1. The lowest BCUT2D eigenvalue weighted by Crippen LogP contribution is -2.52. The maximum atomic E-state index is 14.0. The van der Waals surface area contributed by atoms with Crippen molar-refractivity contribution in [2.24, 2.45) is 5.41 Å². The van der Waals surface area contributed by atoms with Crippen LogP contribution < -0.4 is 5.32 Å². The number of aromatic nitrogens is 3. The molecule has 0 radical (unpaired) electrons. The number of rotatable bonds is 6. The summed E-state index contributed by atoms with van der Waals surface area (Å²) in [6, 6.07) is 14.5. The van der Waals surface area contributed by atoms with E-state index in [2.05, 4.69) is 15.4 Å². The van der Waals surface area contributed by atoms with Crippen molar-refractivity contribution in [3.63, 3.8) is 0 Å². The van der Waals surface area contributed by atoms with Crippen LogP contribution in [0.15, 0.2) is 67.1 Å². The highest BCUT2D eigenvalue weighted by Crippen LogP contribution is 2.46. The fourth-order valence-electron chi connectivity index (χ4n) is 3.82. The van der Waals surface area contributed by atoms with Gasteiger partial charge in [-0.1, -0.05) is 36.4 Å². The molecule has 1 aliphatic rings. The van der Waals surface area contributed by atoms with Crippen molar-refractivity contribution in [2.45, 2.75) is 25.7 Å². The molecule has 6 nitrogen and oxygen atoms in total. The fourth-order valence-corrected chi connectivity index (χ4v) is 3.82. The largest absolute Gasteiger partial charge is 0.404 e. The van der Waals surface area contributed by atoms with Gasteiger partial charge in [0, 0.05) is 38.2 Å². The second-order valence-corrected chi connectivity index (χ2v) is 7.68. The second-order valence-electron chi connectivity index (χ2n) is 7.68. The van der Waals surface area contributed by atoms with Crippen molar-refractivity contribution >= 4 is 5.91 Å². The van der Waals surface area contributed by atoms with E-state index in [9.17, 15) is 18.0 Å². The summed E-state index contributed by atoms with van der Waals surface area (Å²) >= 11 is 0. The van der Waals surface area contributed by atoms with Crippen LogP contribution in [0.5, 0.6) is 0 Å². The number of carbonyl (C=O) groups is 1. The van der Waals surface area contributed by atoms with Gasteiger partial charge in [-0.2, -0.15) is 18.3 Å². The quantitative estimate of drug-likeness (QED) is 0.653. The molecule has 162 valence electrons. The Hall–Kier alpha value is -3.20. The van der Waals surface area contributed by atoms with Crippen LogP contribution in [-0.2, 0) is 17.9 Å². The maximum Gasteiger partial charge on any atom is 0.404 e. The molecule has 1 aliphatic heterocycles. The molecule has 1 aromatic carbocycles. The zero-order valence-corrected chi connectivity index (χ0v) is 16.7. The number of nitrogens with one attached hydrogen (secondary N) is 1. The first-order valence-electron chi connectivity index (χ1n) is 9.94. The molecular weight excluding hydrogens is 407 g/mol. The van der Waals surface area contributed by atoms with Gasteiger partial charge in [-0.3, -0.25) is 9.69 Å². The molecule has 0 aliphatic carbocycles. The Morgan fingerprint density at radius 2 is 1.90 bits per heavy atom. The van der Waals surface area contributed by atoms with Gasteiger partial charge in [0.25, 0.3) is 0 Å². The molecule has 1 amide bonds. The summed E-state index contributed by atoms with van der Waals surface area (Å²) < 4.78 is 43.6. The molecule has 1 fully saturated rings. The van der Waals surface area contributed by atoms with Gasteiger partial charge >= 0.3 is 6.18 Å². The zero-order valence-electron chi connectivity index (χ0n) is 16.7. The van der Waals surface area contributed by atoms with Crippen LogP contribution in [0.25, 0.3) is 5.82 Å². The van der Waals surface area contributed by atoms with Crippen molar-refractivity contribution in [1.29, 1.82) is 0 Å². The van der Waals surface area contributed by atoms with E-state index in [4.69, 9.17) is 0 Å². The highest BCUT2D eigenvalue weighted by atomic mass is 19.4. The van der Waals surface area contributed by atoms with E-state index in [-0.39, 0.29) is 26.1 Å². The predicted octanol–water partition coefficient (Wildman–Crippen LogP) is 3.34. The minimum Gasteiger partial charge on any atom is -0.351 e. The summed E-state index contributed by atoms with van der Waals surface area (Å²) in [5.74, 6) is -0.411. The summed E-state index contributed by atoms with van der Waals surface area (Å²) in [5, 5.41) is 6.55. The van der Waals surface area contributed by atoms with Crippen LogP contribution in [0.4, 0.5) is 13.2 Å². The molecule has 1 atom stereocenters. The van der Waals surface area contributed by atoms with Crippen LogP contribution in [0.2, 0.25) is 0 Å². The lowest BCUT2D eigenvalue weighted by atomic mass is 9.85. The normalized spacial score (nSPS) is 19.5. The van der Waals surface area contributed by atoms with Crippen LogP contribution >= 0.6 is 0 Å². The standard InChI is InChI=1S/C22H22F3N5O/c23-22(24,25)21(9-12-29(16-21)15-17-5-2-1-3-6-17)20(31)27-14-18-7-8-19(26-13-18)30-11-4-10-28-30/h1-8,10-11,13H,9,12,14-16H2,(H,27,31). The molecule has 0 spiro atoms. The first kappa shape index (κ1) is 21.0.